The smallest absolute Gasteiger partial charge is 0.274 e. The molecule has 1 heterocycles. The molecule has 6 nitrogen and oxygen atoms in total. The van der Waals surface area contributed by atoms with E-state index in [0.717, 1.165) is 12.0 Å². The summed E-state index contributed by atoms with van der Waals surface area (Å²) >= 11 is 5.87. The number of nitro benzene ring substituents is 1. The molecule has 0 radical (unpaired) electrons. The van der Waals surface area contributed by atoms with Gasteiger partial charge in [-0.3, -0.25) is 14.8 Å². The molecule has 0 bridgehead atoms. The number of rotatable bonds is 5. The SMILES string of the molecule is NCCc1cnn(Cc2cc(Cl)ccc2[N+](=O)[O-])c1. The maximum absolute atomic E-state index is 10.9. The first-order valence-electron chi connectivity index (χ1n) is 5.74. The van der Waals surface area contributed by atoms with Crippen LogP contribution in [0.2, 0.25) is 5.02 Å². The highest BCUT2D eigenvalue weighted by Gasteiger charge is 2.14. The summed E-state index contributed by atoms with van der Waals surface area (Å²) < 4.78 is 1.64. The average Bonchev–Trinajstić information content (AvgIpc) is 2.77. The number of hydrogen-bond acceptors (Lipinski definition) is 4. The predicted molar refractivity (Wildman–Crippen MR) is 72.2 cm³/mol. The zero-order chi connectivity index (χ0) is 13.8. The third-order valence-corrected chi connectivity index (χ3v) is 2.93. The van der Waals surface area contributed by atoms with Gasteiger partial charge in [-0.1, -0.05) is 11.6 Å². The van der Waals surface area contributed by atoms with Crippen LogP contribution in [0.4, 0.5) is 5.69 Å². The molecule has 100 valence electrons. The van der Waals surface area contributed by atoms with E-state index in [1.807, 2.05) is 6.20 Å². The Balaban J connectivity index is 2.26. The first-order valence-corrected chi connectivity index (χ1v) is 6.12. The van der Waals surface area contributed by atoms with Gasteiger partial charge in [0, 0.05) is 17.3 Å². The molecule has 19 heavy (non-hydrogen) atoms. The van der Waals surface area contributed by atoms with Gasteiger partial charge in [0.05, 0.1) is 23.2 Å². The van der Waals surface area contributed by atoms with E-state index in [0.29, 0.717) is 23.7 Å². The molecule has 2 aromatic rings. The van der Waals surface area contributed by atoms with Gasteiger partial charge in [-0.25, -0.2) is 0 Å². The molecule has 0 saturated carbocycles. The van der Waals surface area contributed by atoms with Crippen molar-refractivity contribution in [2.45, 2.75) is 13.0 Å². The average molecular weight is 281 g/mol. The van der Waals surface area contributed by atoms with Crippen molar-refractivity contribution in [1.82, 2.24) is 9.78 Å². The van der Waals surface area contributed by atoms with Crippen molar-refractivity contribution in [3.05, 3.63) is 56.9 Å². The molecule has 0 spiro atoms. The van der Waals surface area contributed by atoms with Crippen LogP contribution in [0.25, 0.3) is 0 Å². The Hall–Kier alpha value is -1.92. The van der Waals surface area contributed by atoms with Gasteiger partial charge in [-0.2, -0.15) is 5.10 Å². The van der Waals surface area contributed by atoms with E-state index < -0.39 is 4.92 Å². The molecular weight excluding hydrogens is 268 g/mol. The molecular formula is C12H13ClN4O2. The zero-order valence-corrected chi connectivity index (χ0v) is 10.9. The summed E-state index contributed by atoms with van der Waals surface area (Å²) in [6.45, 7) is 0.852. The Bertz CT molecular complexity index is 597. The predicted octanol–water partition coefficient (Wildman–Crippen LogP) is 1.99. The maximum Gasteiger partial charge on any atom is 0.274 e. The zero-order valence-electron chi connectivity index (χ0n) is 10.1. The van der Waals surface area contributed by atoms with E-state index in [1.54, 1.807) is 16.9 Å². The number of nitrogens with zero attached hydrogens (tertiary/aromatic N) is 3. The number of nitro groups is 1. The third-order valence-electron chi connectivity index (χ3n) is 2.69. The Morgan fingerprint density at radius 2 is 2.26 bits per heavy atom. The lowest BCUT2D eigenvalue weighted by atomic mass is 10.2. The van der Waals surface area contributed by atoms with E-state index in [2.05, 4.69) is 5.10 Å². The Morgan fingerprint density at radius 3 is 2.95 bits per heavy atom. The van der Waals surface area contributed by atoms with Crippen LogP contribution in [-0.2, 0) is 13.0 Å². The Kier molecular flexibility index (Phi) is 4.13. The number of hydrogen-bond donors (Lipinski definition) is 1. The molecule has 7 heteroatoms. The monoisotopic (exact) mass is 280 g/mol. The molecule has 1 aromatic heterocycles. The van der Waals surface area contributed by atoms with Crippen LogP contribution in [0, 0.1) is 10.1 Å². The molecule has 1 aromatic carbocycles. The molecule has 2 rings (SSSR count). The number of nitrogens with two attached hydrogens (primary N) is 1. The van der Waals surface area contributed by atoms with Crippen LogP contribution < -0.4 is 5.73 Å². The van der Waals surface area contributed by atoms with E-state index in [1.165, 1.54) is 12.1 Å². The minimum atomic E-state index is -0.421. The van der Waals surface area contributed by atoms with Gasteiger partial charge in [-0.05, 0) is 30.7 Å². The molecule has 0 fully saturated rings. The van der Waals surface area contributed by atoms with Crippen molar-refractivity contribution in [3.8, 4) is 0 Å². The van der Waals surface area contributed by atoms with Gasteiger partial charge >= 0.3 is 0 Å². The molecule has 0 aliphatic heterocycles. The first kappa shape index (κ1) is 13.5. The third kappa shape index (κ3) is 3.30. The largest absolute Gasteiger partial charge is 0.330 e. The van der Waals surface area contributed by atoms with Gasteiger partial charge in [0.1, 0.15) is 0 Å². The summed E-state index contributed by atoms with van der Waals surface area (Å²) in [5, 5.41) is 15.6. The highest BCUT2D eigenvalue weighted by atomic mass is 35.5. The molecule has 0 amide bonds. The maximum atomic E-state index is 10.9. The molecule has 0 saturated heterocycles. The fourth-order valence-corrected chi connectivity index (χ4v) is 2.02. The van der Waals surface area contributed by atoms with Crippen LogP contribution in [0.3, 0.4) is 0 Å². The Morgan fingerprint density at radius 1 is 1.47 bits per heavy atom. The van der Waals surface area contributed by atoms with Crippen LogP contribution in [0.1, 0.15) is 11.1 Å². The van der Waals surface area contributed by atoms with Gasteiger partial charge in [0.25, 0.3) is 5.69 Å². The standard InChI is InChI=1S/C12H13ClN4O2/c13-11-1-2-12(17(18)19)10(5-11)8-16-7-9(3-4-14)6-15-16/h1-2,5-7H,3-4,8,14H2. The quantitative estimate of drug-likeness (QED) is 0.670. The Labute approximate surface area is 114 Å². The molecule has 0 unspecified atom stereocenters. The van der Waals surface area contributed by atoms with E-state index >= 15 is 0 Å². The van der Waals surface area contributed by atoms with Gasteiger partial charge in [0.2, 0.25) is 0 Å². The molecule has 0 aliphatic carbocycles. The topological polar surface area (TPSA) is 87.0 Å². The summed E-state index contributed by atoms with van der Waals surface area (Å²) in [7, 11) is 0. The van der Waals surface area contributed by atoms with E-state index in [4.69, 9.17) is 17.3 Å². The van der Waals surface area contributed by atoms with Gasteiger partial charge < -0.3 is 5.73 Å². The number of halogens is 1. The normalized spacial score (nSPS) is 10.6. The molecule has 0 atom stereocenters. The second-order valence-corrected chi connectivity index (χ2v) is 4.55. The second-order valence-electron chi connectivity index (χ2n) is 4.11. The summed E-state index contributed by atoms with van der Waals surface area (Å²) in [6.07, 6.45) is 4.28. The van der Waals surface area contributed by atoms with Crippen molar-refractivity contribution < 1.29 is 4.92 Å². The van der Waals surface area contributed by atoms with E-state index in [-0.39, 0.29) is 5.69 Å². The van der Waals surface area contributed by atoms with Crippen molar-refractivity contribution in [2.75, 3.05) is 6.54 Å². The summed E-state index contributed by atoms with van der Waals surface area (Å²) in [4.78, 5) is 10.5. The van der Waals surface area contributed by atoms with Gasteiger partial charge in [-0.15, -0.1) is 0 Å². The van der Waals surface area contributed by atoms with Crippen LogP contribution in [0.15, 0.2) is 30.6 Å². The van der Waals surface area contributed by atoms with Crippen LogP contribution in [0.5, 0.6) is 0 Å². The van der Waals surface area contributed by atoms with Crippen LogP contribution >= 0.6 is 11.6 Å². The van der Waals surface area contributed by atoms with Crippen LogP contribution in [-0.4, -0.2) is 21.2 Å². The summed E-state index contributed by atoms with van der Waals surface area (Å²) in [5.41, 5.74) is 7.04. The second kappa shape index (κ2) is 5.81. The van der Waals surface area contributed by atoms with E-state index in [9.17, 15) is 10.1 Å². The lowest BCUT2D eigenvalue weighted by molar-refractivity contribution is -0.385. The number of aromatic nitrogens is 2. The lowest BCUT2D eigenvalue weighted by Gasteiger charge is -2.04. The lowest BCUT2D eigenvalue weighted by Crippen LogP contribution is -2.04. The van der Waals surface area contributed by atoms with Gasteiger partial charge in [0.15, 0.2) is 0 Å². The fourth-order valence-electron chi connectivity index (χ4n) is 1.82. The highest BCUT2D eigenvalue weighted by Crippen LogP contribution is 2.23. The molecule has 2 N–H and O–H groups in total. The minimum absolute atomic E-state index is 0.0419. The van der Waals surface area contributed by atoms with Crippen molar-refractivity contribution in [3.63, 3.8) is 0 Å². The van der Waals surface area contributed by atoms with Crippen molar-refractivity contribution in [2.24, 2.45) is 5.73 Å². The van der Waals surface area contributed by atoms with Crippen molar-refractivity contribution in [1.29, 1.82) is 0 Å². The minimum Gasteiger partial charge on any atom is -0.330 e. The fraction of sp³-hybridized carbons (Fsp3) is 0.250. The summed E-state index contributed by atoms with van der Waals surface area (Å²) in [6, 6.07) is 4.50. The first-order chi connectivity index (χ1) is 9.10. The highest BCUT2D eigenvalue weighted by molar-refractivity contribution is 6.30. The molecule has 0 aliphatic rings. The van der Waals surface area contributed by atoms with Crippen molar-refractivity contribution >= 4 is 17.3 Å². The number of benzene rings is 1. The summed E-state index contributed by atoms with van der Waals surface area (Å²) in [5.74, 6) is 0.